The molecular weight excluding hydrogens is 341 g/mol. The van der Waals surface area contributed by atoms with E-state index in [1.165, 1.54) is 11.4 Å². The quantitative estimate of drug-likeness (QED) is 0.899. The molecule has 1 fully saturated rings. The molecule has 0 aromatic heterocycles. The van der Waals surface area contributed by atoms with Gasteiger partial charge in [0.15, 0.2) is 0 Å². The van der Waals surface area contributed by atoms with Gasteiger partial charge in [-0.2, -0.15) is 16.1 Å². The number of hydrogen-bond donors (Lipinski definition) is 1. The van der Waals surface area contributed by atoms with Gasteiger partial charge in [0.05, 0.1) is 15.5 Å². The van der Waals surface area contributed by atoms with Gasteiger partial charge in [0, 0.05) is 18.8 Å². The summed E-state index contributed by atoms with van der Waals surface area (Å²) in [6, 6.07) is 1.47. The summed E-state index contributed by atoms with van der Waals surface area (Å²) < 4.78 is 39.8. The van der Waals surface area contributed by atoms with Crippen molar-refractivity contribution in [2.75, 3.05) is 18.6 Å². The number of carboxylic acid groups (broad SMARTS) is 1. The van der Waals surface area contributed by atoms with Crippen molar-refractivity contribution < 1.29 is 22.7 Å². The van der Waals surface area contributed by atoms with Crippen molar-refractivity contribution in [3.63, 3.8) is 0 Å². The summed E-state index contributed by atoms with van der Waals surface area (Å²) in [7, 11) is -2.54. The van der Waals surface area contributed by atoms with E-state index >= 15 is 0 Å². The van der Waals surface area contributed by atoms with Gasteiger partial charge in [-0.1, -0.05) is 11.6 Å². The molecule has 1 aliphatic rings. The normalized spacial score (nSPS) is 19.1. The Balaban J connectivity index is 2.47. The van der Waals surface area contributed by atoms with E-state index in [9.17, 15) is 17.6 Å². The Morgan fingerprint density at radius 2 is 2.19 bits per heavy atom. The minimum absolute atomic E-state index is 0.174. The molecule has 1 N–H and O–H groups in total. The average Bonchev–Trinajstić information content (AvgIpc) is 2.94. The third kappa shape index (κ3) is 3.18. The van der Waals surface area contributed by atoms with E-state index in [4.69, 9.17) is 16.7 Å². The van der Waals surface area contributed by atoms with Crippen molar-refractivity contribution in [1.29, 1.82) is 0 Å². The van der Waals surface area contributed by atoms with Gasteiger partial charge in [-0.15, -0.1) is 0 Å². The highest BCUT2D eigenvalue weighted by atomic mass is 35.5. The molecule has 9 heteroatoms. The third-order valence-corrected chi connectivity index (χ3v) is 6.75. The van der Waals surface area contributed by atoms with Gasteiger partial charge < -0.3 is 5.11 Å². The fourth-order valence-corrected chi connectivity index (χ4v) is 5.02. The Kier molecular flexibility index (Phi) is 4.82. The van der Waals surface area contributed by atoms with Gasteiger partial charge in [0.2, 0.25) is 10.0 Å². The molecule has 0 aliphatic carbocycles. The number of thioether (sulfide) groups is 1. The van der Waals surface area contributed by atoms with Crippen molar-refractivity contribution in [3.05, 3.63) is 28.5 Å². The smallest absolute Gasteiger partial charge is 0.337 e. The molecule has 116 valence electrons. The van der Waals surface area contributed by atoms with Crippen LogP contribution in [-0.2, 0) is 10.0 Å². The van der Waals surface area contributed by atoms with Gasteiger partial charge in [0.25, 0.3) is 0 Å². The van der Waals surface area contributed by atoms with Crippen molar-refractivity contribution in [2.24, 2.45) is 0 Å². The predicted molar refractivity (Wildman–Crippen MR) is 79.0 cm³/mol. The minimum Gasteiger partial charge on any atom is -0.478 e. The highest BCUT2D eigenvalue weighted by Crippen LogP contribution is 2.29. The van der Waals surface area contributed by atoms with Crippen molar-refractivity contribution >= 4 is 39.4 Å². The number of nitrogens with zero attached hydrogens (tertiary/aromatic N) is 1. The molecule has 0 spiro atoms. The number of hydrogen-bond acceptors (Lipinski definition) is 4. The second kappa shape index (κ2) is 6.12. The summed E-state index contributed by atoms with van der Waals surface area (Å²) >= 11 is 7.19. The van der Waals surface area contributed by atoms with E-state index in [1.807, 2.05) is 0 Å². The maximum Gasteiger partial charge on any atom is 0.337 e. The highest BCUT2D eigenvalue weighted by Gasteiger charge is 2.32. The second-order valence-corrected chi connectivity index (χ2v) is 8.14. The zero-order chi connectivity index (χ0) is 15.8. The molecule has 1 aromatic rings. The Hall–Kier alpha value is -0.830. The molecule has 1 saturated heterocycles. The zero-order valence-electron chi connectivity index (χ0n) is 11.0. The molecular formula is C12H13ClFNO4S2. The van der Waals surface area contributed by atoms with E-state index in [0.29, 0.717) is 12.2 Å². The predicted octanol–water partition coefficient (Wildman–Crippen LogP) is 2.30. The number of aromatic carboxylic acids is 1. The lowest BCUT2D eigenvalue weighted by Crippen LogP contribution is -2.37. The van der Waals surface area contributed by atoms with E-state index in [0.717, 1.165) is 17.9 Å². The summed E-state index contributed by atoms with van der Waals surface area (Å²) in [5, 5.41) is 8.37. The number of benzene rings is 1. The molecule has 21 heavy (non-hydrogen) atoms. The maximum absolute atomic E-state index is 13.7. The Morgan fingerprint density at radius 3 is 2.71 bits per heavy atom. The Morgan fingerprint density at radius 1 is 1.52 bits per heavy atom. The number of carbonyl (C=O) groups is 1. The van der Waals surface area contributed by atoms with Crippen LogP contribution in [0.15, 0.2) is 17.0 Å². The molecule has 0 amide bonds. The molecule has 2 rings (SSSR count). The first-order valence-corrected chi connectivity index (χ1v) is 9.00. The second-order valence-electron chi connectivity index (χ2n) is 4.61. The van der Waals surface area contributed by atoms with E-state index in [2.05, 4.69) is 0 Å². The highest BCUT2D eigenvalue weighted by molar-refractivity contribution is 7.99. The van der Waals surface area contributed by atoms with Crippen molar-refractivity contribution in [3.8, 4) is 0 Å². The Labute approximate surface area is 131 Å². The van der Waals surface area contributed by atoms with E-state index < -0.39 is 37.3 Å². The Bertz CT molecular complexity index is 674. The standard InChI is InChI=1S/C12H13ClFNO4S2/c1-15(7-2-3-20-6-7)21(18,19)8-4-9(12(16)17)11(13)10(14)5-8/h4-5,7H,2-3,6H2,1H3,(H,16,17). The van der Waals surface area contributed by atoms with Crippen molar-refractivity contribution in [2.45, 2.75) is 17.4 Å². The topological polar surface area (TPSA) is 74.7 Å². The monoisotopic (exact) mass is 353 g/mol. The first kappa shape index (κ1) is 16.5. The van der Waals surface area contributed by atoms with Crippen LogP contribution in [0.3, 0.4) is 0 Å². The van der Waals surface area contributed by atoms with Crippen LogP contribution in [-0.4, -0.2) is 48.4 Å². The van der Waals surface area contributed by atoms with Gasteiger partial charge in [0.1, 0.15) is 5.82 Å². The zero-order valence-corrected chi connectivity index (χ0v) is 13.4. The minimum atomic E-state index is -3.96. The van der Waals surface area contributed by atoms with Gasteiger partial charge in [-0.3, -0.25) is 0 Å². The van der Waals surface area contributed by atoms with Crippen molar-refractivity contribution in [1.82, 2.24) is 4.31 Å². The molecule has 0 bridgehead atoms. The summed E-state index contributed by atoms with van der Waals surface area (Å²) in [5.74, 6) is -1.02. The van der Waals surface area contributed by atoms with Crippen LogP contribution in [0.5, 0.6) is 0 Å². The van der Waals surface area contributed by atoms with E-state index in [1.54, 1.807) is 11.8 Å². The molecule has 1 atom stereocenters. The number of rotatable bonds is 4. The maximum atomic E-state index is 13.7. The first-order valence-electron chi connectivity index (χ1n) is 6.03. The van der Waals surface area contributed by atoms with Crippen LogP contribution in [0, 0.1) is 5.82 Å². The first-order chi connectivity index (χ1) is 9.75. The fourth-order valence-electron chi connectivity index (χ4n) is 2.04. The van der Waals surface area contributed by atoms with Crippen LogP contribution < -0.4 is 0 Å². The summed E-state index contributed by atoms with van der Waals surface area (Å²) in [6.07, 6.45) is 0.711. The molecule has 1 aromatic carbocycles. The number of carboxylic acids is 1. The largest absolute Gasteiger partial charge is 0.478 e. The fraction of sp³-hybridized carbons (Fsp3) is 0.417. The SMILES string of the molecule is CN(C1CCSC1)S(=O)(=O)c1cc(F)c(Cl)c(C(=O)O)c1. The average molecular weight is 354 g/mol. The lowest BCUT2D eigenvalue weighted by atomic mass is 10.2. The molecule has 1 aliphatic heterocycles. The molecule has 1 heterocycles. The van der Waals surface area contributed by atoms with Crippen LogP contribution in [0.2, 0.25) is 5.02 Å². The molecule has 5 nitrogen and oxygen atoms in total. The molecule has 0 radical (unpaired) electrons. The lowest BCUT2D eigenvalue weighted by Gasteiger charge is -2.23. The summed E-state index contributed by atoms with van der Waals surface area (Å²) in [5.41, 5.74) is -0.565. The van der Waals surface area contributed by atoms with Crippen LogP contribution in [0.4, 0.5) is 4.39 Å². The molecule has 1 unspecified atom stereocenters. The van der Waals surface area contributed by atoms with E-state index in [-0.39, 0.29) is 6.04 Å². The van der Waals surface area contributed by atoms with Crippen LogP contribution in [0.1, 0.15) is 16.8 Å². The summed E-state index contributed by atoms with van der Waals surface area (Å²) in [4.78, 5) is 10.6. The lowest BCUT2D eigenvalue weighted by molar-refractivity contribution is 0.0696. The van der Waals surface area contributed by atoms with Gasteiger partial charge in [-0.25, -0.2) is 17.6 Å². The molecule has 0 saturated carbocycles. The third-order valence-electron chi connectivity index (χ3n) is 3.33. The number of halogens is 2. The summed E-state index contributed by atoms with van der Waals surface area (Å²) in [6.45, 7) is 0. The van der Waals surface area contributed by atoms with Crippen LogP contribution in [0.25, 0.3) is 0 Å². The van der Waals surface area contributed by atoms with Gasteiger partial charge >= 0.3 is 5.97 Å². The number of sulfonamides is 1. The van der Waals surface area contributed by atoms with Gasteiger partial charge in [-0.05, 0) is 24.3 Å². The van der Waals surface area contributed by atoms with Crippen LogP contribution >= 0.6 is 23.4 Å².